The van der Waals surface area contributed by atoms with Gasteiger partial charge in [-0.2, -0.15) is 0 Å². The molecular formula is C14H20N4. The molecule has 1 N–H and O–H groups in total. The Morgan fingerprint density at radius 3 is 2.56 bits per heavy atom. The fraction of sp³-hybridized carbons (Fsp3) is 0.357. The summed E-state index contributed by atoms with van der Waals surface area (Å²) in [6.45, 7) is 3.83. The molecule has 0 saturated heterocycles. The third-order valence-corrected chi connectivity index (χ3v) is 2.98. The van der Waals surface area contributed by atoms with E-state index in [2.05, 4.69) is 51.0 Å². The number of imidazole rings is 1. The first-order valence-electron chi connectivity index (χ1n) is 6.22. The molecule has 1 aromatic carbocycles. The number of rotatable bonds is 5. The molecule has 0 spiro atoms. The summed E-state index contributed by atoms with van der Waals surface area (Å²) < 4.78 is 2.14. The molecule has 2 rings (SSSR count). The van der Waals surface area contributed by atoms with E-state index in [0.717, 1.165) is 24.6 Å². The van der Waals surface area contributed by atoms with Gasteiger partial charge in [-0.3, -0.25) is 0 Å². The average molecular weight is 244 g/mol. The number of benzene rings is 1. The van der Waals surface area contributed by atoms with Crippen LogP contribution in [-0.4, -0.2) is 23.6 Å². The van der Waals surface area contributed by atoms with Crippen LogP contribution in [-0.2, 0) is 13.1 Å². The van der Waals surface area contributed by atoms with Crippen LogP contribution in [0.1, 0.15) is 12.7 Å². The van der Waals surface area contributed by atoms with Crippen LogP contribution in [0.25, 0.3) is 0 Å². The van der Waals surface area contributed by atoms with Gasteiger partial charge in [-0.25, -0.2) is 4.98 Å². The van der Waals surface area contributed by atoms with Crippen LogP contribution in [0.2, 0.25) is 0 Å². The molecule has 0 unspecified atom stereocenters. The zero-order valence-corrected chi connectivity index (χ0v) is 11.2. The summed E-state index contributed by atoms with van der Waals surface area (Å²) in [4.78, 5) is 6.43. The van der Waals surface area contributed by atoms with Crippen molar-refractivity contribution in [1.82, 2.24) is 9.55 Å². The molecule has 18 heavy (non-hydrogen) atoms. The molecular weight excluding hydrogens is 224 g/mol. The van der Waals surface area contributed by atoms with Crippen molar-refractivity contribution in [1.29, 1.82) is 0 Å². The van der Waals surface area contributed by atoms with Crippen LogP contribution in [0.3, 0.4) is 0 Å². The van der Waals surface area contributed by atoms with Gasteiger partial charge in [-0.15, -0.1) is 0 Å². The number of nitrogens with one attached hydrogen (secondary N) is 1. The molecule has 2 aromatic rings. The summed E-state index contributed by atoms with van der Waals surface area (Å²) in [6, 6.07) is 8.40. The molecule has 0 aliphatic rings. The van der Waals surface area contributed by atoms with E-state index >= 15 is 0 Å². The third-order valence-electron chi connectivity index (χ3n) is 2.98. The molecule has 0 bridgehead atoms. The summed E-state index contributed by atoms with van der Waals surface area (Å²) >= 11 is 0. The Bertz CT molecular complexity index is 485. The standard InChI is InChI=1S/C14H20N4/c1-4-18-10-9-15-14(18)11-16-12-5-7-13(8-6-12)17(2)3/h5-10,16H,4,11H2,1-3H3. The van der Waals surface area contributed by atoms with E-state index in [0.29, 0.717) is 0 Å². The first kappa shape index (κ1) is 12.5. The highest BCUT2D eigenvalue weighted by molar-refractivity contribution is 5.54. The van der Waals surface area contributed by atoms with Gasteiger partial charge < -0.3 is 14.8 Å². The van der Waals surface area contributed by atoms with Crippen LogP contribution >= 0.6 is 0 Å². The highest BCUT2D eigenvalue weighted by Gasteiger charge is 2.01. The molecule has 4 heteroatoms. The minimum absolute atomic E-state index is 0.752. The SMILES string of the molecule is CCn1ccnc1CNc1ccc(N(C)C)cc1. The zero-order valence-electron chi connectivity index (χ0n) is 11.2. The number of aryl methyl sites for hydroxylation is 1. The van der Waals surface area contributed by atoms with Crippen molar-refractivity contribution in [2.45, 2.75) is 20.0 Å². The minimum Gasteiger partial charge on any atom is -0.378 e. The molecule has 0 amide bonds. The second-order valence-electron chi connectivity index (χ2n) is 4.42. The van der Waals surface area contributed by atoms with Crippen molar-refractivity contribution in [3.05, 3.63) is 42.5 Å². The molecule has 0 saturated carbocycles. The normalized spacial score (nSPS) is 10.4. The van der Waals surface area contributed by atoms with Crippen molar-refractivity contribution < 1.29 is 0 Å². The molecule has 96 valence electrons. The van der Waals surface area contributed by atoms with Crippen molar-refractivity contribution >= 4 is 11.4 Å². The van der Waals surface area contributed by atoms with Gasteiger partial charge in [0, 0.05) is 44.4 Å². The van der Waals surface area contributed by atoms with E-state index in [-0.39, 0.29) is 0 Å². The maximum Gasteiger partial charge on any atom is 0.128 e. The van der Waals surface area contributed by atoms with Crippen molar-refractivity contribution in [2.75, 3.05) is 24.3 Å². The maximum atomic E-state index is 4.34. The first-order chi connectivity index (χ1) is 8.70. The Balaban J connectivity index is 1.98. The van der Waals surface area contributed by atoms with E-state index in [1.165, 1.54) is 5.69 Å². The lowest BCUT2D eigenvalue weighted by Gasteiger charge is -2.13. The predicted molar refractivity (Wildman–Crippen MR) is 76.0 cm³/mol. The highest BCUT2D eigenvalue weighted by atomic mass is 15.1. The highest BCUT2D eigenvalue weighted by Crippen LogP contribution is 2.16. The Morgan fingerprint density at radius 1 is 1.22 bits per heavy atom. The number of anilines is 2. The quantitative estimate of drug-likeness (QED) is 0.877. The molecule has 1 heterocycles. The fourth-order valence-electron chi connectivity index (χ4n) is 1.85. The Kier molecular flexibility index (Phi) is 3.87. The van der Waals surface area contributed by atoms with Gasteiger partial charge in [-0.05, 0) is 31.2 Å². The smallest absolute Gasteiger partial charge is 0.128 e. The van der Waals surface area contributed by atoms with E-state index in [1.807, 2.05) is 26.5 Å². The second-order valence-corrected chi connectivity index (χ2v) is 4.42. The Labute approximate surface area is 108 Å². The lowest BCUT2D eigenvalue weighted by atomic mass is 10.2. The number of nitrogens with zero attached hydrogens (tertiary/aromatic N) is 3. The van der Waals surface area contributed by atoms with E-state index in [9.17, 15) is 0 Å². The van der Waals surface area contributed by atoms with Crippen molar-refractivity contribution in [3.8, 4) is 0 Å². The van der Waals surface area contributed by atoms with E-state index in [4.69, 9.17) is 0 Å². The summed E-state index contributed by atoms with van der Waals surface area (Å²) in [5.41, 5.74) is 2.32. The summed E-state index contributed by atoms with van der Waals surface area (Å²) in [5.74, 6) is 1.06. The summed E-state index contributed by atoms with van der Waals surface area (Å²) in [5, 5.41) is 3.39. The van der Waals surface area contributed by atoms with Gasteiger partial charge >= 0.3 is 0 Å². The molecule has 0 fully saturated rings. The van der Waals surface area contributed by atoms with E-state index in [1.54, 1.807) is 0 Å². The number of aromatic nitrogens is 2. The molecule has 0 atom stereocenters. The van der Waals surface area contributed by atoms with Crippen LogP contribution < -0.4 is 10.2 Å². The third kappa shape index (κ3) is 2.83. The average Bonchev–Trinajstić information content (AvgIpc) is 2.84. The number of hydrogen-bond acceptors (Lipinski definition) is 3. The maximum absolute atomic E-state index is 4.34. The molecule has 0 radical (unpaired) electrons. The minimum atomic E-state index is 0.752. The Morgan fingerprint density at radius 2 is 1.94 bits per heavy atom. The second kappa shape index (κ2) is 5.58. The van der Waals surface area contributed by atoms with Crippen molar-refractivity contribution in [3.63, 3.8) is 0 Å². The van der Waals surface area contributed by atoms with Gasteiger partial charge in [0.15, 0.2) is 0 Å². The lowest BCUT2D eigenvalue weighted by Crippen LogP contribution is -2.09. The molecule has 0 aliphatic carbocycles. The largest absolute Gasteiger partial charge is 0.378 e. The first-order valence-corrected chi connectivity index (χ1v) is 6.22. The van der Waals surface area contributed by atoms with Gasteiger partial charge in [-0.1, -0.05) is 0 Å². The van der Waals surface area contributed by atoms with Gasteiger partial charge in [0.1, 0.15) is 5.82 Å². The van der Waals surface area contributed by atoms with Gasteiger partial charge in [0.05, 0.1) is 6.54 Å². The number of hydrogen-bond donors (Lipinski definition) is 1. The fourth-order valence-corrected chi connectivity index (χ4v) is 1.85. The lowest BCUT2D eigenvalue weighted by molar-refractivity contribution is 0.708. The van der Waals surface area contributed by atoms with Crippen LogP contribution in [0, 0.1) is 0 Å². The van der Waals surface area contributed by atoms with Crippen LogP contribution in [0.5, 0.6) is 0 Å². The van der Waals surface area contributed by atoms with Gasteiger partial charge in [0.25, 0.3) is 0 Å². The van der Waals surface area contributed by atoms with Crippen molar-refractivity contribution in [2.24, 2.45) is 0 Å². The summed E-state index contributed by atoms with van der Waals surface area (Å²) in [6.07, 6.45) is 3.85. The summed E-state index contributed by atoms with van der Waals surface area (Å²) in [7, 11) is 4.08. The Hall–Kier alpha value is -1.97. The zero-order chi connectivity index (χ0) is 13.0. The van der Waals surface area contributed by atoms with E-state index < -0.39 is 0 Å². The molecule has 1 aromatic heterocycles. The van der Waals surface area contributed by atoms with Gasteiger partial charge in [0.2, 0.25) is 0 Å². The predicted octanol–water partition coefficient (Wildman–Crippen LogP) is 2.58. The molecule has 0 aliphatic heterocycles. The van der Waals surface area contributed by atoms with Crippen LogP contribution in [0.4, 0.5) is 11.4 Å². The van der Waals surface area contributed by atoms with Crippen LogP contribution in [0.15, 0.2) is 36.7 Å². The monoisotopic (exact) mass is 244 g/mol. The molecule has 4 nitrogen and oxygen atoms in total. The topological polar surface area (TPSA) is 33.1 Å².